The predicted octanol–water partition coefficient (Wildman–Crippen LogP) is 3.30. The number of hydrogen-bond acceptors (Lipinski definition) is 6. The van der Waals surface area contributed by atoms with Gasteiger partial charge in [-0.1, -0.05) is 53.8 Å². The van der Waals surface area contributed by atoms with E-state index in [1.54, 1.807) is 19.1 Å². The molecule has 4 rings (SSSR count). The summed E-state index contributed by atoms with van der Waals surface area (Å²) in [7, 11) is 3.37. The molecule has 2 atom stereocenters. The van der Waals surface area contributed by atoms with Crippen LogP contribution in [0.4, 0.5) is 5.13 Å². The molecule has 0 spiro atoms. The average Bonchev–Trinajstić information content (AvgIpc) is 3.33. The molecule has 1 aliphatic rings. The Kier molecular flexibility index (Phi) is 5.76. The van der Waals surface area contributed by atoms with Gasteiger partial charge in [0, 0.05) is 19.9 Å². The molecule has 0 radical (unpaired) electrons. The minimum atomic E-state index is -0.473. The number of aromatic nitrogens is 2. The van der Waals surface area contributed by atoms with Crippen LogP contribution in [0.25, 0.3) is 0 Å². The number of carbonyl (C=O) groups is 2. The second-order valence-corrected chi connectivity index (χ2v) is 8.25. The van der Waals surface area contributed by atoms with Crippen molar-refractivity contribution < 1.29 is 14.3 Å². The number of likely N-dealkylation sites (tertiary alicyclic amines) is 1. The first-order valence-electron chi connectivity index (χ1n) is 9.62. The molecular weight excluding hydrogens is 400 g/mol. The highest BCUT2D eigenvalue weighted by molar-refractivity contribution is 7.15. The zero-order valence-corrected chi connectivity index (χ0v) is 17.6. The lowest BCUT2D eigenvalue weighted by atomic mass is 9.93. The van der Waals surface area contributed by atoms with Crippen LogP contribution in [-0.4, -0.2) is 41.1 Å². The molecule has 1 aliphatic heterocycles. The summed E-state index contributed by atoms with van der Waals surface area (Å²) in [5, 5.41) is 12.4. The van der Waals surface area contributed by atoms with Gasteiger partial charge in [0.2, 0.25) is 16.9 Å². The molecule has 0 aliphatic carbocycles. The van der Waals surface area contributed by atoms with Crippen LogP contribution in [0, 0.1) is 5.92 Å². The SMILES string of the molecule is COc1ccc(Cc2nnc(NC(=O)[C@@H]3CC(=O)N(C)[C@H]3c3ccccc3)s2)cc1. The Hall–Kier alpha value is -3.26. The number of hydrogen-bond donors (Lipinski definition) is 1. The van der Waals surface area contributed by atoms with Gasteiger partial charge in [0.1, 0.15) is 10.8 Å². The van der Waals surface area contributed by atoms with Gasteiger partial charge in [-0.25, -0.2) is 0 Å². The molecule has 2 amide bonds. The number of carbonyl (C=O) groups excluding carboxylic acids is 2. The fourth-order valence-corrected chi connectivity index (χ4v) is 4.48. The van der Waals surface area contributed by atoms with Crippen molar-refractivity contribution in [1.82, 2.24) is 15.1 Å². The molecule has 1 saturated heterocycles. The van der Waals surface area contributed by atoms with Gasteiger partial charge in [0.25, 0.3) is 0 Å². The third-order valence-electron chi connectivity index (χ3n) is 5.28. The lowest BCUT2D eigenvalue weighted by Gasteiger charge is -2.24. The van der Waals surface area contributed by atoms with Crippen molar-refractivity contribution in [2.45, 2.75) is 18.9 Å². The Bertz CT molecular complexity index is 1040. The fraction of sp³-hybridized carbons (Fsp3) is 0.273. The number of nitrogens with zero attached hydrogens (tertiary/aromatic N) is 3. The van der Waals surface area contributed by atoms with Gasteiger partial charge >= 0.3 is 0 Å². The topological polar surface area (TPSA) is 84.4 Å². The summed E-state index contributed by atoms with van der Waals surface area (Å²) in [6, 6.07) is 17.1. The van der Waals surface area contributed by atoms with Crippen LogP contribution in [0.2, 0.25) is 0 Å². The number of nitrogens with one attached hydrogen (secondary N) is 1. The van der Waals surface area contributed by atoms with Crippen molar-refractivity contribution in [2.75, 3.05) is 19.5 Å². The molecule has 0 saturated carbocycles. The first-order valence-corrected chi connectivity index (χ1v) is 10.4. The van der Waals surface area contributed by atoms with E-state index in [1.165, 1.54) is 11.3 Å². The monoisotopic (exact) mass is 422 g/mol. The molecule has 7 nitrogen and oxygen atoms in total. The molecule has 154 valence electrons. The van der Waals surface area contributed by atoms with Crippen LogP contribution < -0.4 is 10.1 Å². The van der Waals surface area contributed by atoms with Gasteiger partial charge in [0.05, 0.1) is 19.1 Å². The van der Waals surface area contributed by atoms with Crippen molar-refractivity contribution >= 4 is 28.3 Å². The minimum Gasteiger partial charge on any atom is -0.497 e. The number of ether oxygens (including phenoxy) is 1. The van der Waals surface area contributed by atoms with Crippen molar-refractivity contribution in [3.8, 4) is 5.75 Å². The first-order chi connectivity index (χ1) is 14.5. The van der Waals surface area contributed by atoms with Gasteiger partial charge in [-0.15, -0.1) is 10.2 Å². The molecule has 2 aromatic carbocycles. The lowest BCUT2D eigenvalue weighted by molar-refractivity contribution is -0.127. The smallest absolute Gasteiger partial charge is 0.232 e. The van der Waals surface area contributed by atoms with Gasteiger partial charge in [-0.2, -0.15) is 0 Å². The molecule has 1 aromatic heterocycles. The summed E-state index contributed by atoms with van der Waals surface area (Å²) < 4.78 is 5.17. The highest BCUT2D eigenvalue weighted by Gasteiger charge is 2.42. The van der Waals surface area contributed by atoms with Gasteiger partial charge in [-0.05, 0) is 23.3 Å². The summed E-state index contributed by atoms with van der Waals surface area (Å²) >= 11 is 1.34. The number of benzene rings is 2. The van der Waals surface area contributed by atoms with Gasteiger partial charge < -0.3 is 15.0 Å². The standard InChI is InChI=1S/C22H22N4O3S/c1-26-19(27)13-17(20(26)15-6-4-3-5-7-15)21(28)23-22-25-24-18(30-22)12-14-8-10-16(29-2)11-9-14/h3-11,17,20H,12-13H2,1-2H3,(H,23,25,28)/t17-,20+/m1/s1. The molecule has 0 bridgehead atoms. The number of rotatable bonds is 6. The summed E-state index contributed by atoms with van der Waals surface area (Å²) in [6.07, 6.45) is 0.800. The summed E-state index contributed by atoms with van der Waals surface area (Å²) in [5.74, 6) is 0.0713. The molecule has 3 aromatic rings. The van der Waals surface area contributed by atoms with Crippen molar-refractivity contribution in [2.24, 2.45) is 5.92 Å². The average molecular weight is 423 g/mol. The zero-order chi connectivity index (χ0) is 21.1. The van der Waals surface area contributed by atoms with E-state index in [0.29, 0.717) is 11.6 Å². The number of amides is 2. The second kappa shape index (κ2) is 8.62. The highest BCUT2D eigenvalue weighted by atomic mass is 32.1. The van der Waals surface area contributed by atoms with E-state index in [0.717, 1.165) is 21.9 Å². The predicted molar refractivity (Wildman–Crippen MR) is 114 cm³/mol. The molecule has 1 N–H and O–H groups in total. The molecule has 30 heavy (non-hydrogen) atoms. The summed E-state index contributed by atoms with van der Waals surface area (Å²) in [6.45, 7) is 0. The number of anilines is 1. The Morgan fingerprint density at radius 2 is 1.90 bits per heavy atom. The summed E-state index contributed by atoms with van der Waals surface area (Å²) in [4.78, 5) is 26.9. The maximum absolute atomic E-state index is 13.0. The van der Waals surface area contributed by atoms with E-state index in [2.05, 4.69) is 15.5 Å². The van der Waals surface area contributed by atoms with Crippen molar-refractivity contribution in [3.05, 3.63) is 70.7 Å². The minimum absolute atomic E-state index is 0.0403. The Balaban J connectivity index is 1.45. The van der Waals surface area contributed by atoms with E-state index >= 15 is 0 Å². The van der Waals surface area contributed by atoms with Crippen molar-refractivity contribution in [1.29, 1.82) is 0 Å². The van der Waals surface area contributed by atoms with Crippen molar-refractivity contribution in [3.63, 3.8) is 0 Å². The van der Waals surface area contributed by atoms with E-state index in [1.807, 2.05) is 54.6 Å². The largest absolute Gasteiger partial charge is 0.497 e. The maximum Gasteiger partial charge on any atom is 0.232 e. The fourth-order valence-electron chi connectivity index (χ4n) is 3.70. The Labute approximate surface area is 178 Å². The third kappa shape index (κ3) is 4.18. The Morgan fingerprint density at radius 1 is 1.17 bits per heavy atom. The van der Waals surface area contributed by atoms with E-state index < -0.39 is 5.92 Å². The molecular formula is C22H22N4O3S. The van der Waals surface area contributed by atoms with Crippen LogP contribution in [0.5, 0.6) is 5.75 Å². The summed E-state index contributed by atoms with van der Waals surface area (Å²) in [5.41, 5.74) is 2.03. The molecule has 1 fully saturated rings. The zero-order valence-electron chi connectivity index (χ0n) is 16.7. The van der Waals surface area contributed by atoms with Crippen LogP contribution in [0.15, 0.2) is 54.6 Å². The lowest BCUT2D eigenvalue weighted by Crippen LogP contribution is -2.29. The van der Waals surface area contributed by atoms with Crippen LogP contribution in [0.1, 0.15) is 28.6 Å². The third-order valence-corrected chi connectivity index (χ3v) is 6.11. The van der Waals surface area contributed by atoms with E-state index in [-0.39, 0.29) is 24.3 Å². The molecule has 8 heteroatoms. The molecule has 0 unspecified atom stereocenters. The quantitative estimate of drug-likeness (QED) is 0.659. The van der Waals surface area contributed by atoms with Crippen LogP contribution in [0.3, 0.4) is 0 Å². The van der Waals surface area contributed by atoms with E-state index in [4.69, 9.17) is 4.74 Å². The van der Waals surface area contributed by atoms with Gasteiger partial charge in [-0.3, -0.25) is 9.59 Å². The molecule has 2 heterocycles. The number of methoxy groups -OCH3 is 1. The Morgan fingerprint density at radius 3 is 2.60 bits per heavy atom. The highest BCUT2D eigenvalue weighted by Crippen LogP contribution is 2.37. The maximum atomic E-state index is 13.0. The van der Waals surface area contributed by atoms with E-state index in [9.17, 15) is 9.59 Å². The van der Waals surface area contributed by atoms with Crippen LogP contribution in [-0.2, 0) is 16.0 Å². The normalized spacial score (nSPS) is 18.5. The van der Waals surface area contributed by atoms with Gasteiger partial charge in [0.15, 0.2) is 0 Å². The van der Waals surface area contributed by atoms with Crippen LogP contribution >= 0.6 is 11.3 Å². The second-order valence-electron chi connectivity index (χ2n) is 7.19. The first kappa shape index (κ1) is 20.0.